The number of hydrogen-bond donors (Lipinski definition) is 1. The van der Waals surface area contributed by atoms with E-state index in [2.05, 4.69) is 6.58 Å². The Kier molecular flexibility index (Phi) is 6.91. The van der Waals surface area contributed by atoms with Crippen molar-refractivity contribution in [3.63, 3.8) is 0 Å². The molecule has 0 aromatic heterocycles. The predicted molar refractivity (Wildman–Crippen MR) is 95.0 cm³/mol. The van der Waals surface area contributed by atoms with Gasteiger partial charge < -0.3 is 14.6 Å². The van der Waals surface area contributed by atoms with Gasteiger partial charge in [-0.1, -0.05) is 26.5 Å². The summed E-state index contributed by atoms with van der Waals surface area (Å²) in [5, 5.41) is 9.55. The average Bonchev–Trinajstić information content (AvgIpc) is 2.85. The van der Waals surface area contributed by atoms with Gasteiger partial charge in [0.1, 0.15) is 18.5 Å². The largest absolute Gasteiger partial charge is 0.461 e. The molecule has 1 heterocycles. The summed E-state index contributed by atoms with van der Waals surface area (Å²) in [5.74, 6) is -1.38. The molecular formula is C20H26O6. The van der Waals surface area contributed by atoms with Crippen LogP contribution in [-0.2, 0) is 23.9 Å². The molecular weight excluding hydrogens is 336 g/mol. The highest BCUT2D eigenvalue weighted by Gasteiger charge is 2.44. The van der Waals surface area contributed by atoms with Gasteiger partial charge in [-0.15, -0.1) is 0 Å². The fourth-order valence-corrected chi connectivity index (χ4v) is 3.28. The lowest BCUT2D eigenvalue weighted by Crippen LogP contribution is -2.34. The molecule has 142 valence electrons. The number of aldehydes is 1. The minimum absolute atomic E-state index is 0.129. The van der Waals surface area contributed by atoms with Crippen molar-refractivity contribution < 1.29 is 29.0 Å². The maximum atomic E-state index is 12.2. The summed E-state index contributed by atoms with van der Waals surface area (Å²) >= 11 is 0. The lowest BCUT2D eigenvalue weighted by molar-refractivity contribution is -0.153. The fraction of sp³-hybridized carbons (Fsp3) is 0.550. The van der Waals surface area contributed by atoms with E-state index in [1.807, 2.05) is 13.8 Å². The summed E-state index contributed by atoms with van der Waals surface area (Å²) in [7, 11) is 0. The third-order valence-corrected chi connectivity index (χ3v) is 4.58. The first-order chi connectivity index (χ1) is 12.3. The van der Waals surface area contributed by atoms with Crippen molar-refractivity contribution in [1.82, 2.24) is 0 Å². The molecule has 1 fully saturated rings. The Morgan fingerprint density at radius 3 is 2.85 bits per heavy atom. The molecule has 26 heavy (non-hydrogen) atoms. The number of allylic oxidation sites excluding steroid dienone is 1. The van der Waals surface area contributed by atoms with Crippen LogP contribution in [-0.4, -0.2) is 42.1 Å². The first-order valence-electron chi connectivity index (χ1n) is 8.89. The summed E-state index contributed by atoms with van der Waals surface area (Å²) in [4.78, 5) is 35.7. The van der Waals surface area contributed by atoms with Crippen LogP contribution in [0.3, 0.4) is 0 Å². The SMILES string of the molecule is C=C1C(=O)O[C@@H]2/C=C(\CO)CC/C=C(\C=O)C[C@H](OC(=O)CC(C)C)[C@H]12. The quantitative estimate of drug-likeness (QED) is 0.349. The van der Waals surface area contributed by atoms with Crippen LogP contribution in [0, 0.1) is 11.8 Å². The highest BCUT2D eigenvalue weighted by molar-refractivity contribution is 5.91. The molecule has 1 N–H and O–H groups in total. The van der Waals surface area contributed by atoms with Gasteiger partial charge in [0, 0.05) is 18.4 Å². The first kappa shape index (κ1) is 20.1. The lowest BCUT2D eigenvalue weighted by Gasteiger charge is -2.27. The van der Waals surface area contributed by atoms with Crippen LogP contribution < -0.4 is 0 Å². The van der Waals surface area contributed by atoms with Gasteiger partial charge in [0.15, 0.2) is 0 Å². The van der Waals surface area contributed by atoms with E-state index in [9.17, 15) is 19.5 Å². The molecule has 0 aromatic carbocycles. The number of aliphatic hydroxyl groups is 1. The maximum absolute atomic E-state index is 12.2. The molecule has 6 heteroatoms. The van der Waals surface area contributed by atoms with Crippen LogP contribution in [0.1, 0.15) is 39.5 Å². The van der Waals surface area contributed by atoms with E-state index < -0.39 is 24.1 Å². The molecule has 0 aromatic rings. The van der Waals surface area contributed by atoms with Crippen LogP contribution in [0.5, 0.6) is 0 Å². The Hall–Kier alpha value is -2.21. The minimum atomic E-state index is -0.726. The Morgan fingerprint density at radius 2 is 2.23 bits per heavy atom. The fourth-order valence-electron chi connectivity index (χ4n) is 3.28. The lowest BCUT2D eigenvalue weighted by atomic mass is 9.85. The molecule has 0 radical (unpaired) electrons. The van der Waals surface area contributed by atoms with E-state index in [1.165, 1.54) is 0 Å². The second kappa shape index (κ2) is 8.94. The normalized spacial score (nSPS) is 30.5. The van der Waals surface area contributed by atoms with Gasteiger partial charge in [-0.2, -0.15) is 0 Å². The molecule has 1 saturated heterocycles. The monoisotopic (exact) mass is 362 g/mol. The van der Waals surface area contributed by atoms with Crippen molar-refractivity contribution in [2.45, 2.75) is 51.7 Å². The summed E-state index contributed by atoms with van der Waals surface area (Å²) in [6.45, 7) is 7.45. The van der Waals surface area contributed by atoms with Gasteiger partial charge in [0.05, 0.1) is 12.5 Å². The van der Waals surface area contributed by atoms with Crippen LogP contribution in [0.15, 0.2) is 35.5 Å². The molecule has 0 saturated carbocycles. The molecule has 0 bridgehead atoms. The molecule has 1 aliphatic heterocycles. The highest BCUT2D eigenvalue weighted by Crippen LogP contribution is 2.36. The predicted octanol–water partition coefficient (Wildman–Crippen LogP) is 2.27. The first-order valence-corrected chi connectivity index (χ1v) is 8.89. The Labute approximate surface area is 153 Å². The number of aliphatic hydroxyl groups excluding tert-OH is 1. The van der Waals surface area contributed by atoms with Crippen molar-refractivity contribution in [2.24, 2.45) is 11.8 Å². The van der Waals surface area contributed by atoms with E-state index in [1.54, 1.807) is 12.2 Å². The van der Waals surface area contributed by atoms with E-state index in [0.717, 1.165) is 6.29 Å². The molecule has 1 aliphatic carbocycles. The molecule has 3 atom stereocenters. The highest BCUT2D eigenvalue weighted by atomic mass is 16.6. The van der Waals surface area contributed by atoms with Gasteiger partial charge in [-0.3, -0.25) is 9.59 Å². The number of esters is 2. The van der Waals surface area contributed by atoms with Crippen LogP contribution in [0.4, 0.5) is 0 Å². The topological polar surface area (TPSA) is 89.9 Å². The van der Waals surface area contributed by atoms with Crippen molar-refractivity contribution >= 4 is 18.2 Å². The van der Waals surface area contributed by atoms with Crippen LogP contribution in [0.2, 0.25) is 0 Å². The average molecular weight is 362 g/mol. The molecule has 0 unspecified atom stereocenters. The molecule has 2 aliphatic rings. The summed E-state index contributed by atoms with van der Waals surface area (Å²) in [6.07, 6.45) is 4.40. The van der Waals surface area contributed by atoms with E-state index >= 15 is 0 Å². The van der Waals surface area contributed by atoms with Gasteiger partial charge in [-0.25, -0.2) is 4.79 Å². The summed E-state index contributed by atoms with van der Waals surface area (Å²) in [5.41, 5.74) is 1.42. The number of carbonyl (C=O) groups excluding carboxylic acids is 3. The minimum Gasteiger partial charge on any atom is -0.461 e. The number of ether oxygens (including phenoxy) is 2. The van der Waals surface area contributed by atoms with Crippen molar-refractivity contribution in [3.05, 3.63) is 35.5 Å². The van der Waals surface area contributed by atoms with E-state index in [-0.39, 0.29) is 36.9 Å². The number of rotatable bonds is 5. The summed E-state index contributed by atoms with van der Waals surface area (Å²) < 4.78 is 11.0. The van der Waals surface area contributed by atoms with Crippen LogP contribution >= 0.6 is 0 Å². The van der Waals surface area contributed by atoms with Gasteiger partial charge in [0.2, 0.25) is 0 Å². The van der Waals surface area contributed by atoms with Crippen molar-refractivity contribution in [3.8, 4) is 0 Å². The van der Waals surface area contributed by atoms with Crippen LogP contribution in [0.25, 0.3) is 0 Å². The standard InChI is InChI=1S/C20H26O6/c1-12(2)7-18(23)25-16-8-14(10-21)5-4-6-15(11-22)9-17-19(16)13(3)20(24)26-17/h5,9-10,12,16-17,19,22H,3-4,6-8,11H2,1-2H3/b14-5-,15-9-/t16-,17+,19-/m0/s1. The van der Waals surface area contributed by atoms with Crippen molar-refractivity contribution in [2.75, 3.05) is 6.61 Å². The smallest absolute Gasteiger partial charge is 0.334 e. The Bertz CT molecular complexity index is 643. The second-order valence-electron chi connectivity index (χ2n) is 7.17. The zero-order chi connectivity index (χ0) is 19.3. The zero-order valence-electron chi connectivity index (χ0n) is 15.3. The molecule has 2 rings (SSSR count). The maximum Gasteiger partial charge on any atom is 0.334 e. The Balaban J connectivity index is 2.38. The Morgan fingerprint density at radius 1 is 1.50 bits per heavy atom. The van der Waals surface area contributed by atoms with Gasteiger partial charge in [0.25, 0.3) is 0 Å². The third kappa shape index (κ3) is 4.91. The molecule has 6 nitrogen and oxygen atoms in total. The zero-order valence-corrected chi connectivity index (χ0v) is 15.3. The second-order valence-corrected chi connectivity index (χ2v) is 7.17. The number of fused-ring (bicyclic) bond motifs is 1. The van der Waals surface area contributed by atoms with E-state index in [4.69, 9.17) is 9.47 Å². The number of carbonyl (C=O) groups is 3. The van der Waals surface area contributed by atoms with E-state index in [0.29, 0.717) is 24.0 Å². The molecule has 0 amide bonds. The number of hydrogen-bond acceptors (Lipinski definition) is 6. The van der Waals surface area contributed by atoms with Gasteiger partial charge >= 0.3 is 11.9 Å². The molecule has 0 spiro atoms. The van der Waals surface area contributed by atoms with Crippen molar-refractivity contribution in [1.29, 1.82) is 0 Å². The third-order valence-electron chi connectivity index (χ3n) is 4.58. The summed E-state index contributed by atoms with van der Waals surface area (Å²) in [6, 6.07) is 0. The van der Waals surface area contributed by atoms with Gasteiger partial charge in [-0.05, 0) is 36.0 Å².